The van der Waals surface area contributed by atoms with Gasteiger partial charge in [0, 0.05) is 12.6 Å². The fraction of sp³-hybridized carbons (Fsp3) is 0.278. The lowest BCUT2D eigenvalue weighted by atomic mass is 10.1. The van der Waals surface area contributed by atoms with E-state index in [0.717, 1.165) is 0 Å². The van der Waals surface area contributed by atoms with Crippen molar-refractivity contribution in [3.05, 3.63) is 59.4 Å². The molecule has 2 aromatic rings. The Labute approximate surface area is 152 Å². The third-order valence-corrected chi connectivity index (χ3v) is 5.29. The molecule has 0 fully saturated rings. The van der Waals surface area contributed by atoms with Gasteiger partial charge in [-0.2, -0.15) is 0 Å². The summed E-state index contributed by atoms with van der Waals surface area (Å²) in [6.07, 6.45) is 0. The Hall–Kier alpha value is -2.45. The average molecular weight is 380 g/mol. The minimum absolute atomic E-state index is 0.0323. The molecule has 8 heteroatoms. The Morgan fingerprint density at radius 2 is 1.85 bits per heavy atom. The molecule has 140 valence electrons. The summed E-state index contributed by atoms with van der Waals surface area (Å²) in [6, 6.07) is 10.0. The number of carbonyl (C=O) groups excluding carboxylic acids is 1. The normalized spacial score (nSPS) is 11.2. The second-order valence-electron chi connectivity index (χ2n) is 5.71. The van der Waals surface area contributed by atoms with Gasteiger partial charge >= 0.3 is 0 Å². The van der Waals surface area contributed by atoms with Crippen molar-refractivity contribution in [3.8, 4) is 5.75 Å². The number of aryl methyl sites for hydroxylation is 1. The number of sulfonamides is 1. The largest absolute Gasteiger partial charge is 0.492 e. The number of carbonyl (C=O) groups is 1. The monoisotopic (exact) mass is 380 g/mol. The number of hydrogen-bond acceptors (Lipinski definition) is 4. The number of ether oxygens (including phenoxy) is 1. The van der Waals surface area contributed by atoms with Crippen LogP contribution in [-0.2, 0) is 10.0 Å². The van der Waals surface area contributed by atoms with E-state index in [2.05, 4.69) is 4.72 Å². The van der Waals surface area contributed by atoms with E-state index in [1.165, 1.54) is 48.3 Å². The number of halogens is 1. The zero-order valence-corrected chi connectivity index (χ0v) is 15.6. The van der Waals surface area contributed by atoms with E-state index in [4.69, 9.17) is 4.74 Å². The predicted molar refractivity (Wildman–Crippen MR) is 96.3 cm³/mol. The van der Waals surface area contributed by atoms with Crippen molar-refractivity contribution >= 4 is 15.9 Å². The molecular weight excluding hydrogens is 359 g/mol. The summed E-state index contributed by atoms with van der Waals surface area (Å²) >= 11 is 0. The highest BCUT2D eigenvalue weighted by Gasteiger charge is 2.19. The fourth-order valence-electron chi connectivity index (χ4n) is 2.25. The van der Waals surface area contributed by atoms with Crippen molar-refractivity contribution in [1.29, 1.82) is 0 Å². The molecule has 0 aliphatic rings. The molecule has 0 aliphatic carbocycles. The molecule has 0 saturated heterocycles. The van der Waals surface area contributed by atoms with E-state index in [1.807, 2.05) is 0 Å². The van der Waals surface area contributed by atoms with Crippen LogP contribution in [0.1, 0.15) is 15.9 Å². The Bertz CT molecular complexity index is 883. The average Bonchev–Trinajstić information content (AvgIpc) is 2.63. The molecule has 0 aromatic heterocycles. The van der Waals surface area contributed by atoms with Crippen molar-refractivity contribution in [2.45, 2.75) is 11.8 Å². The van der Waals surface area contributed by atoms with E-state index in [9.17, 15) is 17.6 Å². The molecule has 0 bridgehead atoms. The second-order valence-corrected chi connectivity index (χ2v) is 7.60. The Morgan fingerprint density at radius 3 is 2.46 bits per heavy atom. The first-order chi connectivity index (χ1) is 12.2. The van der Waals surface area contributed by atoms with Crippen molar-refractivity contribution in [3.63, 3.8) is 0 Å². The van der Waals surface area contributed by atoms with Gasteiger partial charge in [0.15, 0.2) is 0 Å². The molecule has 0 aliphatic heterocycles. The third-order valence-electron chi connectivity index (χ3n) is 3.87. The number of rotatable bonds is 7. The lowest BCUT2D eigenvalue weighted by molar-refractivity contribution is 0.0773. The molecule has 26 heavy (non-hydrogen) atoms. The molecule has 6 nitrogen and oxygen atoms in total. The number of nitrogens with zero attached hydrogens (tertiary/aromatic N) is 1. The third kappa shape index (κ3) is 4.80. The first-order valence-corrected chi connectivity index (χ1v) is 9.41. The zero-order chi connectivity index (χ0) is 19.3. The lowest BCUT2D eigenvalue weighted by Crippen LogP contribution is -2.31. The van der Waals surface area contributed by atoms with Gasteiger partial charge in [-0.25, -0.2) is 17.5 Å². The smallest absolute Gasteiger partial charge is 0.254 e. The maximum absolute atomic E-state index is 12.9. The van der Waals surface area contributed by atoms with Gasteiger partial charge < -0.3 is 9.64 Å². The van der Waals surface area contributed by atoms with Crippen LogP contribution in [0.25, 0.3) is 0 Å². The van der Waals surface area contributed by atoms with Crippen LogP contribution >= 0.6 is 0 Å². The first kappa shape index (κ1) is 19.9. The molecular formula is C18H21FN2O4S. The molecule has 0 atom stereocenters. The standard InChI is InChI=1S/C18H21FN2O4S/c1-13-4-9-16(26(23,24)20-2)12-17(13)18(22)21(3)10-11-25-15-7-5-14(19)6-8-15/h4-9,12,20H,10-11H2,1-3H3. The van der Waals surface area contributed by atoms with Crippen molar-refractivity contribution in [2.75, 3.05) is 27.2 Å². The minimum Gasteiger partial charge on any atom is -0.492 e. The molecule has 2 aromatic carbocycles. The van der Waals surface area contributed by atoms with E-state index in [-0.39, 0.29) is 23.2 Å². The summed E-state index contributed by atoms with van der Waals surface area (Å²) in [6.45, 7) is 2.26. The van der Waals surface area contributed by atoms with Crippen LogP contribution < -0.4 is 9.46 Å². The SMILES string of the molecule is CNS(=O)(=O)c1ccc(C)c(C(=O)N(C)CCOc2ccc(F)cc2)c1. The van der Waals surface area contributed by atoms with E-state index >= 15 is 0 Å². The van der Waals surface area contributed by atoms with Gasteiger partial charge in [-0.1, -0.05) is 6.07 Å². The highest BCUT2D eigenvalue weighted by molar-refractivity contribution is 7.89. The van der Waals surface area contributed by atoms with Crippen LogP contribution in [0.3, 0.4) is 0 Å². The van der Waals surface area contributed by atoms with Gasteiger partial charge in [0.2, 0.25) is 10.0 Å². The zero-order valence-electron chi connectivity index (χ0n) is 14.8. The Kier molecular flexibility index (Phi) is 6.33. The van der Waals surface area contributed by atoms with Crippen LogP contribution in [0, 0.1) is 12.7 Å². The molecule has 0 radical (unpaired) electrons. The maximum atomic E-state index is 12.9. The van der Waals surface area contributed by atoms with Gasteiger partial charge in [-0.05, 0) is 55.9 Å². The van der Waals surface area contributed by atoms with E-state index in [0.29, 0.717) is 23.4 Å². The second kappa shape index (κ2) is 8.29. The quantitative estimate of drug-likeness (QED) is 0.799. The highest BCUT2D eigenvalue weighted by atomic mass is 32.2. The number of likely N-dealkylation sites (N-methyl/N-ethyl adjacent to an activating group) is 1. The summed E-state index contributed by atoms with van der Waals surface area (Å²) in [4.78, 5) is 14.1. The van der Waals surface area contributed by atoms with Crippen LogP contribution in [0.4, 0.5) is 4.39 Å². The van der Waals surface area contributed by atoms with Crippen LogP contribution in [0.5, 0.6) is 5.75 Å². The van der Waals surface area contributed by atoms with Crippen LogP contribution in [-0.4, -0.2) is 46.5 Å². The topological polar surface area (TPSA) is 75.7 Å². The van der Waals surface area contributed by atoms with Crippen molar-refractivity contribution in [2.24, 2.45) is 0 Å². The molecule has 1 N–H and O–H groups in total. The summed E-state index contributed by atoms with van der Waals surface area (Å²) in [5.41, 5.74) is 0.988. The summed E-state index contributed by atoms with van der Waals surface area (Å²) < 4.78 is 44.4. The number of nitrogens with one attached hydrogen (secondary N) is 1. The first-order valence-electron chi connectivity index (χ1n) is 7.92. The van der Waals surface area contributed by atoms with Gasteiger partial charge in [-0.3, -0.25) is 4.79 Å². The minimum atomic E-state index is -3.63. The number of amides is 1. The van der Waals surface area contributed by atoms with Gasteiger partial charge in [0.1, 0.15) is 18.2 Å². The highest BCUT2D eigenvalue weighted by Crippen LogP contribution is 2.17. The molecule has 1 amide bonds. The summed E-state index contributed by atoms with van der Waals surface area (Å²) in [5.74, 6) is -0.152. The van der Waals surface area contributed by atoms with E-state index in [1.54, 1.807) is 20.0 Å². The Morgan fingerprint density at radius 1 is 1.19 bits per heavy atom. The van der Waals surface area contributed by atoms with Gasteiger partial charge in [0.25, 0.3) is 5.91 Å². The van der Waals surface area contributed by atoms with Gasteiger partial charge in [0.05, 0.1) is 11.4 Å². The summed E-state index contributed by atoms with van der Waals surface area (Å²) in [7, 11) is -0.708. The number of benzene rings is 2. The van der Waals surface area contributed by atoms with Crippen molar-refractivity contribution in [1.82, 2.24) is 9.62 Å². The summed E-state index contributed by atoms with van der Waals surface area (Å²) in [5, 5.41) is 0. The maximum Gasteiger partial charge on any atom is 0.254 e. The van der Waals surface area contributed by atoms with Gasteiger partial charge in [-0.15, -0.1) is 0 Å². The van der Waals surface area contributed by atoms with Crippen LogP contribution in [0.2, 0.25) is 0 Å². The van der Waals surface area contributed by atoms with E-state index < -0.39 is 10.0 Å². The molecule has 0 unspecified atom stereocenters. The predicted octanol–water partition coefficient (Wildman–Crippen LogP) is 2.19. The lowest BCUT2D eigenvalue weighted by Gasteiger charge is -2.19. The van der Waals surface area contributed by atoms with Crippen molar-refractivity contribution < 1.29 is 22.3 Å². The molecule has 0 spiro atoms. The number of hydrogen-bond donors (Lipinski definition) is 1. The molecule has 0 saturated carbocycles. The Balaban J connectivity index is 2.05. The molecule has 0 heterocycles. The molecule has 2 rings (SSSR count). The van der Waals surface area contributed by atoms with Crippen LogP contribution in [0.15, 0.2) is 47.4 Å². The fourth-order valence-corrected chi connectivity index (χ4v) is 3.01.